The predicted octanol–water partition coefficient (Wildman–Crippen LogP) is 1.61. The Hall–Kier alpha value is -2.15. The fourth-order valence-electron chi connectivity index (χ4n) is 2.79. The molecule has 1 heterocycles. The second kappa shape index (κ2) is 7.92. The third-order valence-electron chi connectivity index (χ3n) is 4.05. The first-order chi connectivity index (χ1) is 11.0. The monoisotopic (exact) mass is 321 g/mol. The van der Waals surface area contributed by atoms with Crippen LogP contribution >= 0.6 is 0 Å². The highest BCUT2D eigenvalue weighted by Crippen LogP contribution is 2.29. The van der Waals surface area contributed by atoms with Crippen LogP contribution in [0.25, 0.3) is 0 Å². The maximum atomic E-state index is 11.9. The molecule has 1 aliphatic rings. The molecule has 2 N–H and O–H groups in total. The van der Waals surface area contributed by atoms with Crippen LogP contribution in [0.2, 0.25) is 0 Å². The van der Waals surface area contributed by atoms with Crippen LogP contribution in [0.1, 0.15) is 37.0 Å². The van der Waals surface area contributed by atoms with Crippen molar-refractivity contribution in [2.45, 2.75) is 38.8 Å². The highest BCUT2D eigenvalue weighted by molar-refractivity contribution is 5.95. The molecule has 2 rings (SSSR count). The smallest absolute Gasteiger partial charge is 0.341 e. The molecule has 23 heavy (non-hydrogen) atoms. The summed E-state index contributed by atoms with van der Waals surface area (Å²) in [5, 5.41) is 12.3. The number of rotatable bonds is 8. The Morgan fingerprint density at radius 3 is 2.78 bits per heavy atom. The van der Waals surface area contributed by atoms with E-state index in [1.165, 1.54) is 6.20 Å². The number of aliphatic carboxylic acids is 1. The van der Waals surface area contributed by atoms with Gasteiger partial charge < -0.3 is 15.2 Å². The number of hydrogen-bond acceptors (Lipinski definition) is 6. The van der Waals surface area contributed by atoms with Crippen LogP contribution in [0, 0.1) is 0 Å². The Kier molecular flexibility index (Phi) is 5.92. The van der Waals surface area contributed by atoms with Crippen molar-refractivity contribution in [2.24, 2.45) is 0 Å². The second-order valence-corrected chi connectivity index (χ2v) is 5.57. The minimum atomic E-state index is -0.804. The van der Waals surface area contributed by atoms with Crippen molar-refractivity contribution in [2.75, 3.05) is 25.0 Å². The van der Waals surface area contributed by atoms with Crippen LogP contribution in [0.3, 0.4) is 0 Å². The van der Waals surface area contributed by atoms with Gasteiger partial charge in [0.2, 0.25) is 0 Å². The number of esters is 1. The van der Waals surface area contributed by atoms with Crippen molar-refractivity contribution in [1.82, 2.24) is 9.88 Å². The molecule has 1 fully saturated rings. The van der Waals surface area contributed by atoms with E-state index in [-0.39, 0.29) is 24.6 Å². The van der Waals surface area contributed by atoms with E-state index in [4.69, 9.17) is 9.84 Å². The third kappa shape index (κ3) is 4.41. The summed E-state index contributed by atoms with van der Waals surface area (Å²) in [6, 6.07) is 2.24. The van der Waals surface area contributed by atoms with Gasteiger partial charge in [0, 0.05) is 24.5 Å². The molecule has 1 aromatic rings. The van der Waals surface area contributed by atoms with Gasteiger partial charge in [-0.2, -0.15) is 0 Å². The zero-order valence-corrected chi connectivity index (χ0v) is 13.5. The van der Waals surface area contributed by atoms with Crippen LogP contribution < -0.4 is 5.32 Å². The average molecular weight is 321 g/mol. The first kappa shape index (κ1) is 17.2. The molecule has 0 bridgehead atoms. The number of aromatic nitrogens is 1. The highest BCUT2D eigenvalue weighted by atomic mass is 16.5. The minimum absolute atomic E-state index is 0.0667. The van der Waals surface area contributed by atoms with Crippen LogP contribution in [-0.4, -0.2) is 58.7 Å². The van der Waals surface area contributed by atoms with Gasteiger partial charge in [0.15, 0.2) is 0 Å². The maximum Gasteiger partial charge on any atom is 0.341 e. The number of hydrogen-bond donors (Lipinski definition) is 2. The lowest BCUT2D eigenvalue weighted by molar-refractivity contribution is -0.139. The van der Waals surface area contributed by atoms with Crippen molar-refractivity contribution in [3.63, 3.8) is 0 Å². The lowest BCUT2D eigenvalue weighted by atomic mass is 9.85. The summed E-state index contributed by atoms with van der Waals surface area (Å²) in [4.78, 5) is 28.7. The summed E-state index contributed by atoms with van der Waals surface area (Å²) in [7, 11) is 0. The first-order valence-electron chi connectivity index (χ1n) is 7.88. The lowest BCUT2D eigenvalue weighted by Crippen LogP contribution is -2.51. The van der Waals surface area contributed by atoms with E-state index < -0.39 is 5.97 Å². The molecule has 1 aromatic heterocycles. The van der Waals surface area contributed by atoms with Gasteiger partial charge in [-0.25, -0.2) is 4.79 Å². The number of carbonyl (C=O) groups is 2. The Balaban J connectivity index is 1.93. The summed E-state index contributed by atoms with van der Waals surface area (Å²) in [5.74, 6) is -1.19. The second-order valence-electron chi connectivity index (χ2n) is 5.57. The number of ether oxygens (including phenoxy) is 1. The summed E-state index contributed by atoms with van der Waals surface area (Å²) in [6.45, 7) is 4.83. The number of likely N-dealkylation sites (N-methyl/N-ethyl adjacent to an activating group) is 1. The number of anilines is 1. The van der Waals surface area contributed by atoms with E-state index in [1.807, 2.05) is 11.8 Å². The summed E-state index contributed by atoms with van der Waals surface area (Å²) in [6.07, 6.45) is 4.83. The maximum absolute atomic E-state index is 11.9. The number of carboxylic acids is 1. The standard InChI is InChI=1S/C16H23N3O4/c1-3-19(10-15(20)21)12-7-11(8-12)18-14-5-6-17-9-13(14)16(22)23-4-2/h5-6,9,11-12H,3-4,7-8,10H2,1-2H3,(H,17,18)(H,20,21). The quantitative estimate of drug-likeness (QED) is 0.703. The molecular weight excluding hydrogens is 298 g/mol. The van der Waals surface area contributed by atoms with E-state index in [0.717, 1.165) is 12.8 Å². The molecule has 0 atom stereocenters. The zero-order chi connectivity index (χ0) is 16.8. The number of nitrogens with one attached hydrogen (secondary N) is 1. The molecule has 0 radical (unpaired) electrons. The molecule has 0 spiro atoms. The summed E-state index contributed by atoms with van der Waals surface area (Å²) >= 11 is 0. The normalized spacial score (nSPS) is 20.0. The predicted molar refractivity (Wildman–Crippen MR) is 85.5 cm³/mol. The number of nitrogens with zero attached hydrogens (tertiary/aromatic N) is 2. The van der Waals surface area contributed by atoms with Gasteiger partial charge >= 0.3 is 11.9 Å². The summed E-state index contributed by atoms with van der Waals surface area (Å²) in [5.41, 5.74) is 1.14. The fraction of sp³-hybridized carbons (Fsp3) is 0.562. The van der Waals surface area contributed by atoms with Crippen molar-refractivity contribution >= 4 is 17.6 Å². The largest absolute Gasteiger partial charge is 0.480 e. The van der Waals surface area contributed by atoms with Gasteiger partial charge in [-0.3, -0.25) is 14.7 Å². The fourth-order valence-corrected chi connectivity index (χ4v) is 2.79. The Labute approximate surface area is 135 Å². The third-order valence-corrected chi connectivity index (χ3v) is 4.05. The molecule has 1 saturated carbocycles. The topological polar surface area (TPSA) is 91.8 Å². The van der Waals surface area contributed by atoms with Gasteiger partial charge in [-0.05, 0) is 32.4 Å². The zero-order valence-electron chi connectivity index (χ0n) is 13.5. The molecule has 7 heteroatoms. The molecule has 7 nitrogen and oxygen atoms in total. The van der Waals surface area contributed by atoms with Crippen molar-refractivity contribution in [1.29, 1.82) is 0 Å². The molecular formula is C16H23N3O4. The number of carbonyl (C=O) groups excluding carboxylic acids is 1. The molecule has 0 saturated heterocycles. The van der Waals surface area contributed by atoms with Gasteiger partial charge in [-0.15, -0.1) is 0 Å². The molecule has 126 valence electrons. The van der Waals surface area contributed by atoms with Crippen LogP contribution in [0.15, 0.2) is 18.5 Å². The van der Waals surface area contributed by atoms with Crippen molar-refractivity contribution in [3.8, 4) is 0 Å². The highest BCUT2D eigenvalue weighted by Gasteiger charge is 2.34. The van der Waals surface area contributed by atoms with Crippen molar-refractivity contribution < 1.29 is 19.4 Å². The van der Waals surface area contributed by atoms with Gasteiger partial charge in [-0.1, -0.05) is 6.92 Å². The molecule has 0 aliphatic heterocycles. The lowest BCUT2D eigenvalue weighted by Gasteiger charge is -2.42. The van der Waals surface area contributed by atoms with Gasteiger partial charge in [0.05, 0.1) is 18.8 Å². The average Bonchev–Trinajstić information content (AvgIpc) is 2.49. The van der Waals surface area contributed by atoms with E-state index in [2.05, 4.69) is 10.3 Å². The van der Waals surface area contributed by atoms with Crippen LogP contribution in [0.4, 0.5) is 5.69 Å². The van der Waals surface area contributed by atoms with E-state index >= 15 is 0 Å². The van der Waals surface area contributed by atoms with E-state index in [9.17, 15) is 9.59 Å². The molecule has 0 aromatic carbocycles. The molecule has 0 amide bonds. The van der Waals surface area contributed by atoms with Gasteiger partial charge in [0.1, 0.15) is 5.56 Å². The Morgan fingerprint density at radius 2 is 2.17 bits per heavy atom. The first-order valence-corrected chi connectivity index (χ1v) is 7.88. The summed E-state index contributed by atoms with van der Waals surface area (Å²) < 4.78 is 5.03. The van der Waals surface area contributed by atoms with Crippen LogP contribution in [-0.2, 0) is 9.53 Å². The van der Waals surface area contributed by atoms with E-state index in [0.29, 0.717) is 24.4 Å². The Morgan fingerprint density at radius 1 is 1.43 bits per heavy atom. The number of carboxylic acid groups (broad SMARTS) is 1. The van der Waals surface area contributed by atoms with Gasteiger partial charge in [0.25, 0.3) is 0 Å². The SMILES string of the molecule is CCOC(=O)c1cnccc1NC1CC(N(CC)CC(=O)O)C1. The minimum Gasteiger partial charge on any atom is -0.480 e. The van der Waals surface area contributed by atoms with Crippen LogP contribution in [0.5, 0.6) is 0 Å². The molecule has 0 unspecified atom stereocenters. The Bertz CT molecular complexity index is 558. The number of pyridine rings is 1. The molecule has 1 aliphatic carbocycles. The van der Waals surface area contributed by atoms with E-state index in [1.54, 1.807) is 19.2 Å². The van der Waals surface area contributed by atoms with Crippen molar-refractivity contribution in [3.05, 3.63) is 24.0 Å².